The Labute approximate surface area is 144 Å². The molecule has 2 fully saturated rings. The van der Waals surface area contributed by atoms with Crippen LogP contribution in [0.15, 0.2) is 30.3 Å². The largest absolute Gasteiger partial charge is 0.352 e. The van der Waals surface area contributed by atoms with Crippen LogP contribution < -0.4 is 5.32 Å². The molecule has 24 heavy (non-hydrogen) atoms. The number of amides is 2. The van der Waals surface area contributed by atoms with Crippen LogP contribution in [0, 0.1) is 0 Å². The van der Waals surface area contributed by atoms with E-state index in [1.807, 2.05) is 23.1 Å². The normalized spacial score (nSPS) is 24.8. The van der Waals surface area contributed by atoms with Crippen molar-refractivity contribution in [1.82, 2.24) is 15.1 Å². The molecule has 2 atom stereocenters. The van der Waals surface area contributed by atoms with Gasteiger partial charge in [-0.1, -0.05) is 30.3 Å². The Balaban J connectivity index is 1.61. The average Bonchev–Trinajstić information content (AvgIpc) is 3.03. The molecule has 1 N–H and O–H groups in total. The number of piperidine rings is 1. The number of hydrogen-bond acceptors (Lipinski definition) is 3. The van der Waals surface area contributed by atoms with Crippen molar-refractivity contribution in [2.75, 3.05) is 19.6 Å². The highest BCUT2D eigenvalue weighted by atomic mass is 16.2. The first-order valence-electron chi connectivity index (χ1n) is 8.97. The lowest BCUT2D eigenvalue weighted by Crippen LogP contribution is -2.53. The summed E-state index contributed by atoms with van der Waals surface area (Å²) >= 11 is 0. The maximum atomic E-state index is 13.0. The van der Waals surface area contributed by atoms with Crippen LogP contribution in [0.4, 0.5) is 0 Å². The third-order valence-corrected chi connectivity index (χ3v) is 5.02. The Hall–Kier alpha value is -1.88. The molecule has 130 valence electrons. The molecule has 0 aromatic heterocycles. The Morgan fingerprint density at radius 2 is 1.88 bits per heavy atom. The van der Waals surface area contributed by atoms with E-state index in [4.69, 9.17) is 0 Å². The van der Waals surface area contributed by atoms with Gasteiger partial charge in [-0.25, -0.2) is 0 Å². The highest BCUT2D eigenvalue weighted by molar-refractivity contribution is 5.82. The summed E-state index contributed by atoms with van der Waals surface area (Å²) in [4.78, 5) is 28.5. The predicted octanol–water partition coefficient (Wildman–Crippen LogP) is 1.78. The van der Waals surface area contributed by atoms with Crippen LogP contribution >= 0.6 is 0 Å². The van der Waals surface area contributed by atoms with Crippen LogP contribution in [-0.4, -0.2) is 53.3 Å². The van der Waals surface area contributed by atoms with Crippen molar-refractivity contribution in [3.63, 3.8) is 0 Å². The zero-order chi connectivity index (χ0) is 16.9. The molecule has 2 saturated heterocycles. The number of benzene rings is 1. The number of carbonyl (C=O) groups is 2. The van der Waals surface area contributed by atoms with Gasteiger partial charge in [-0.05, 0) is 37.8 Å². The second-order valence-corrected chi connectivity index (χ2v) is 6.94. The van der Waals surface area contributed by atoms with E-state index >= 15 is 0 Å². The summed E-state index contributed by atoms with van der Waals surface area (Å²) in [6.45, 7) is 4.81. The summed E-state index contributed by atoms with van der Waals surface area (Å²) in [5.74, 6) is 0.222. The van der Waals surface area contributed by atoms with Crippen LogP contribution in [0.2, 0.25) is 0 Å². The summed E-state index contributed by atoms with van der Waals surface area (Å²) in [6.07, 6.45) is 3.93. The second kappa shape index (κ2) is 7.79. The van der Waals surface area contributed by atoms with Crippen LogP contribution in [0.5, 0.6) is 0 Å². The first-order valence-corrected chi connectivity index (χ1v) is 8.97. The minimum Gasteiger partial charge on any atom is -0.352 e. The number of nitrogens with zero attached hydrogens (tertiary/aromatic N) is 2. The Morgan fingerprint density at radius 3 is 2.62 bits per heavy atom. The summed E-state index contributed by atoms with van der Waals surface area (Å²) in [7, 11) is 0. The third kappa shape index (κ3) is 4.15. The molecule has 0 bridgehead atoms. The average molecular weight is 329 g/mol. The van der Waals surface area contributed by atoms with E-state index in [0.29, 0.717) is 6.54 Å². The van der Waals surface area contributed by atoms with Crippen molar-refractivity contribution in [3.05, 3.63) is 35.9 Å². The van der Waals surface area contributed by atoms with Crippen molar-refractivity contribution in [3.8, 4) is 0 Å². The lowest BCUT2D eigenvalue weighted by Gasteiger charge is -2.36. The van der Waals surface area contributed by atoms with Gasteiger partial charge in [-0.3, -0.25) is 14.5 Å². The molecule has 2 aliphatic heterocycles. The third-order valence-electron chi connectivity index (χ3n) is 5.02. The second-order valence-electron chi connectivity index (χ2n) is 6.94. The lowest BCUT2D eigenvalue weighted by molar-refractivity contribution is -0.138. The van der Waals surface area contributed by atoms with Gasteiger partial charge in [0.2, 0.25) is 11.8 Å². The van der Waals surface area contributed by atoms with E-state index < -0.39 is 0 Å². The van der Waals surface area contributed by atoms with E-state index in [9.17, 15) is 9.59 Å². The van der Waals surface area contributed by atoms with Crippen molar-refractivity contribution in [2.45, 2.75) is 51.2 Å². The molecule has 5 nitrogen and oxygen atoms in total. The topological polar surface area (TPSA) is 52.7 Å². The molecular weight excluding hydrogens is 302 g/mol. The summed E-state index contributed by atoms with van der Waals surface area (Å²) in [6, 6.07) is 10.4. The maximum Gasteiger partial charge on any atom is 0.240 e. The number of carbonyl (C=O) groups excluding carboxylic acids is 2. The zero-order valence-electron chi connectivity index (χ0n) is 14.4. The molecule has 1 aromatic rings. The van der Waals surface area contributed by atoms with Crippen molar-refractivity contribution >= 4 is 11.8 Å². The van der Waals surface area contributed by atoms with E-state index in [2.05, 4.69) is 22.3 Å². The molecule has 0 unspecified atom stereocenters. The van der Waals surface area contributed by atoms with E-state index in [0.717, 1.165) is 45.3 Å². The standard InChI is InChI=1S/C19H27N3O2/c1-15(23)20-17-9-5-12-22(14-17)19(24)18-10-6-11-21(18)13-16-7-3-2-4-8-16/h2-4,7-8,17-18H,5-6,9-14H2,1H3,(H,20,23)/t17-,18+/m0/s1. The molecule has 2 aliphatic rings. The van der Waals surface area contributed by atoms with Crippen LogP contribution in [-0.2, 0) is 16.1 Å². The molecular formula is C19H27N3O2. The SMILES string of the molecule is CC(=O)N[C@H]1CCCN(C(=O)[C@H]2CCCN2Cc2ccccc2)C1. The van der Waals surface area contributed by atoms with Crippen molar-refractivity contribution < 1.29 is 9.59 Å². The van der Waals surface area contributed by atoms with E-state index in [-0.39, 0.29) is 23.9 Å². The lowest BCUT2D eigenvalue weighted by atomic mass is 10.0. The molecule has 1 aromatic carbocycles. The van der Waals surface area contributed by atoms with E-state index in [1.54, 1.807) is 6.92 Å². The number of rotatable bonds is 4. The van der Waals surface area contributed by atoms with Gasteiger partial charge in [0.1, 0.15) is 0 Å². The highest BCUT2D eigenvalue weighted by Crippen LogP contribution is 2.23. The molecule has 3 rings (SSSR count). The Bertz CT molecular complexity index is 575. The molecule has 0 spiro atoms. The van der Waals surface area contributed by atoms with Crippen molar-refractivity contribution in [1.29, 1.82) is 0 Å². The van der Waals surface area contributed by atoms with Crippen LogP contribution in [0.25, 0.3) is 0 Å². The first-order chi connectivity index (χ1) is 11.6. The smallest absolute Gasteiger partial charge is 0.240 e. The number of nitrogens with one attached hydrogen (secondary N) is 1. The fraction of sp³-hybridized carbons (Fsp3) is 0.579. The minimum atomic E-state index is -0.0131. The van der Waals surface area contributed by atoms with Gasteiger partial charge < -0.3 is 10.2 Å². The van der Waals surface area contributed by atoms with Gasteiger partial charge in [0, 0.05) is 32.6 Å². The Morgan fingerprint density at radius 1 is 1.12 bits per heavy atom. The number of likely N-dealkylation sites (tertiary alicyclic amines) is 2. The zero-order valence-corrected chi connectivity index (χ0v) is 14.4. The molecule has 0 saturated carbocycles. The van der Waals surface area contributed by atoms with Crippen LogP contribution in [0.1, 0.15) is 38.2 Å². The summed E-state index contributed by atoms with van der Waals surface area (Å²) in [5, 5.41) is 2.96. The van der Waals surface area contributed by atoms with Gasteiger partial charge in [-0.15, -0.1) is 0 Å². The van der Waals surface area contributed by atoms with Crippen molar-refractivity contribution in [2.24, 2.45) is 0 Å². The maximum absolute atomic E-state index is 13.0. The van der Waals surface area contributed by atoms with Gasteiger partial charge in [0.05, 0.1) is 6.04 Å². The first kappa shape index (κ1) is 17.0. The predicted molar refractivity (Wildman–Crippen MR) is 93.3 cm³/mol. The van der Waals surface area contributed by atoms with Gasteiger partial charge in [0.15, 0.2) is 0 Å². The quantitative estimate of drug-likeness (QED) is 0.916. The van der Waals surface area contributed by atoms with Crippen LogP contribution in [0.3, 0.4) is 0 Å². The highest BCUT2D eigenvalue weighted by Gasteiger charge is 2.35. The molecule has 0 radical (unpaired) electrons. The van der Waals surface area contributed by atoms with E-state index in [1.165, 1.54) is 5.56 Å². The monoisotopic (exact) mass is 329 g/mol. The summed E-state index contributed by atoms with van der Waals surface area (Å²) < 4.78 is 0. The fourth-order valence-corrected chi connectivity index (χ4v) is 3.91. The van der Waals surface area contributed by atoms with Gasteiger partial charge in [0.25, 0.3) is 0 Å². The molecule has 0 aliphatic carbocycles. The molecule has 2 heterocycles. The minimum absolute atomic E-state index is 0.0127. The molecule has 2 amide bonds. The summed E-state index contributed by atoms with van der Waals surface area (Å²) in [5.41, 5.74) is 1.26. The number of hydrogen-bond donors (Lipinski definition) is 1. The van der Waals surface area contributed by atoms with Gasteiger partial charge in [-0.2, -0.15) is 0 Å². The van der Waals surface area contributed by atoms with Gasteiger partial charge >= 0.3 is 0 Å². The molecule has 5 heteroatoms. The Kier molecular flexibility index (Phi) is 5.51. The fourth-order valence-electron chi connectivity index (χ4n) is 3.91.